The molecule has 1 fully saturated rings. The van der Waals surface area contributed by atoms with E-state index in [0.717, 1.165) is 61.0 Å². The Labute approximate surface area is 191 Å². The summed E-state index contributed by atoms with van der Waals surface area (Å²) in [6, 6.07) is 20.1. The average molecular weight is 441 g/mol. The molecule has 0 radical (unpaired) electrons. The van der Waals surface area contributed by atoms with Gasteiger partial charge >= 0.3 is 0 Å². The van der Waals surface area contributed by atoms with E-state index in [2.05, 4.69) is 32.1 Å². The highest BCUT2D eigenvalue weighted by molar-refractivity contribution is 5.93. The van der Waals surface area contributed by atoms with Gasteiger partial charge in [-0.3, -0.25) is 4.90 Å². The van der Waals surface area contributed by atoms with Crippen LogP contribution in [-0.4, -0.2) is 57.8 Å². The van der Waals surface area contributed by atoms with Crippen LogP contribution < -0.4 is 9.64 Å². The maximum atomic E-state index is 5.65. The molecule has 0 unspecified atom stereocenters. The Morgan fingerprint density at radius 1 is 0.909 bits per heavy atom. The molecule has 0 bridgehead atoms. The van der Waals surface area contributed by atoms with E-state index in [0.29, 0.717) is 11.6 Å². The second kappa shape index (κ2) is 8.22. The van der Waals surface area contributed by atoms with Gasteiger partial charge in [-0.1, -0.05) is 24.3 Å². The molecule has 0 saturated carbocycles. The molecule has 2 aromatic carbocycles. The summed E-state index contributed by atoms with van der Waals surface area (Å²) in [7, 11) is 1.69. The van der Waals surface area contributed by atoms with Gasteiger partial charge in [-0.05, 0) is 42.0 Å². The zero-order valence-corrected chi connectivity index (χ0v) is 18.4. The summed E-state index contributed by atoms with van der Waals surface area (Å²) in [6.07, 6.45) is 1.66. The van der Waals surface area contributed by atoms with E-state index in [-0.39, 0.29) is 0 Å². The molecule has 0 N–H and O–H groups in total. The van der Waals surface area contributed by atoms with Gasteiger partial charge in [-0.15, -0.1) is 10.2 Å². The number of nitrogens with zero attached hydrogens (tertiary/aromatic N) is 6. The molecule has 4 heterocycles. The maximum Gasteiger partial charge on any atom is 0.213 e. The number of benzene rings is 2. The molecule has 3 aromatic heterocycles. The Hall–Kier alpha value is -3.91. The number of furan rings is 1. The minimum Gasteiger partial charge on any atom is -0.497 e. The first-order valence-corrected chi connectivity index (χ1v) is 11.1. The van der Waals surface area contributed by atoms with E-state index in [1.807, 2.05) is 52.9 Å². The van der Waals surface area contributed by atoms with Gasteiger partial charge < -0.3 is 14.1 Å². The summed E-state index contributed by atoms with van der Waals surface area (Å²) < 4.78 is 13.0. The Balaban J connectivity index is 1.31. The van der Waals surface area contributed by atoms with Crippen LogP contribution in [0.2, 0.25) is 0 Å². The van der Waals surface area contributed by atoms with Crippen molar-refractivity contribution in [2.75, 3.05) is 38.2 Å². The molecule has 1 saturated heterocycles. The summed E-state index contributed by atoms with van der Waals surface area (Å²) >= 11 is 0. The molecule has 0 spiro atoms. The van der Waals surface area contributed by atoms with Crippen molar-refractivity contribution in [1.82, 2.24) is 24.5 Å². The molecule has 0 aliphatic carbocycles. The lowest BCUT2D eigenvalue weighted by molar-refractivity contribution is 0.248. The van der Waals surface area contributed by atoms with Crippen LogP contribution in [0.5, 0.6) is 5.75 Å². The van der Waals surface area contributed by atoms with Crippen LogP contribution >= 0.6 is 0 Å². The quantitative estimate of drug-likeness (QED) is 0.411. The van der Waals surface area contributed by atoms with Crippen LogP contribution in [0.15, 0.2) is 71.3 Å². The van der Waals surface area contributed by atoms with Gasteiger partial charge in [0.15, 0.2) is 11.4 Å². The molecule has 5 aromatic rings. The monoisotopic (exact) mass is 440 g/mol. The number of para-hydroxylation sites is 1. The third kappa shape index (κ3) is 3.58. The molecule has 1 aliphatic rings. The van der Waals surface area contributed by atoms with Crippen LogP contribution in [0.1, 0.15) is 5.56 Å². The van der Waals surface area contributed by atoms with Crippen LogP contribution in [0.3, 0.4) is 0 Å². The zero-order valence-electron chi connectivity index (χ0n) is 18.4. The number of hydrogen-bond acceptors (Lipinski definition) is 7. The minimum atomic E-state index is 0.670. The molecule has 166 valence electrons. The predicted octanol–water partition coefficient (Wildman–Crippen LogP) is 3.87. The molecule has 1 aliphatic heterocycles. The fraction of sp³-hybridized carbons (Fsp3) is 0.240. The number of methoxy groups -OCH3 is 1. The van der Waals surface area contributed by atoms with Crippen molar-refractivity contribution in [2.24, 2.45) is 0 Å². The largest absolute Gasteiger partial charge is 0.497 e. The number of aromatic nitrogens is 4. The lowest BCUT2D eigenvalue weighted by Crippen LogP contribution is -2.46. The van der Waals surface area contributed by atoms with E-state index < -0.39 is 0 Å². The van der Waals surface area contributed by atoms with Crippen molar-refractivity contribution in [3.05, 3.63) is 72.5 Å². The summed E-state index contributed by atoms with van der Waals surface area (Å²) in [5.74, 6) is 3.09. The van der Waals surface area contributed by atoms with Crippen LogP contribution in [-0.2, 0) is 6.54 Å². The zero-order chi connectivity index (χ0) is 22.2. The van der Waals surface area contributed by atoms with Gasteiger partial charge in [0.2, 0.25) is 11.8 Å². The average Bonchev–Trinajstić information content (AvgIpc) is 3.55. The SMILES string of the molecule is COc1ccc(CN2CCN(c3nc4ccccc4c4nnc(-c5ccco5)n34)CC2)cc1. The van der Waals surface area contributed by atoms with Crippen molar-refractivity contribution < 1.29 is 9.15 Å². The first kappa shape index (κ1) is 19.8. The van der Waals surface area contributed by atoms with Crippen molar-refractivity contribution in [3.8, 4) is 17.3 Å². The molecule has 0 amide bonds. The minimum absolute atomic E-state index is 0.670. The van der Waals surface area contributed by atoms with E-state index in [9.17, 15) is 0 Å². The lowest BCUT2D eigenvalue weighted by Gasteiger charge is -2.35. The Morgan fingerprint density at radius 2 is 1.73 bits per heavy atom. The first-order valence-electron chi connectivity index (χ1n) is 11.1. The standard InChI is InChI=1S/C25H24N6O2/c1-32-19-10-8-18(9-11-19)17-29-12-14-30(15-13-29)25-26-21-6-3-2-5-20(21)23-27-28-24(31(23)25)22-7-4-16-33-22/h2-11,16H,12-15,17H2,1H3. The topological polar surface area (TPSA) is 71.9 Å². The lowest BCUT2D eigenvalue weighted by atomic mass is 10.2. The van der Waals surface area contributed by atoms with Crippen LogP contribution in [0.4, 0.5) is 5.95 Å². The number of fused-ring (bicyclic) bond motifs is 3. The van der Waals surface area contributed by atoms with Crippen molar-refractivity contribution >= 4 is 22.5 Å². The molecular weight excluding hydrogens is 416 g/mol. The van der Waals surface area contributed by atoms with E-state index in [1.54, 1.807) is 13.4 Å². The summed E-state index contributed by atoms with van der Waals surface area (Å²) in [6.45, 7) is 4.54. The van der Waals surface area contributed by atoms with Crippen molar-refractivity contribution in [2.45, 2.75) is 6.54 Å². The molecule has 6 rings (SSSR count). The number of rotatable bonds is 5. The highest BCUT2D eigenvalue weighted by Gasteiger charge is 2.24. The highest BCUT2D eigenvalue weighted by Crippen LogP contribution is 2.29. The van der Waals surface area contributed by atoms with Gasteiger partial charge in [0.1, 0.15) is 5.75 Å². The second-order valence-corrected chi connectivity index (χ2v) is 8.20. The Bertz CT molecular complexity index is 1390. The number of hydrogen-bond donors (Lipinski definition) is 0. The number of anilines is 1. The smallest absolute Gasteiger partial charge is 0.213 e. The highest BCUT2D eigenvalue weighted by atomic mass is 16.5. The number of ether oxygens (including phenoxy) is 1. The maximum absolute atomic E-state index is 5.65. The van der Waals surface area contributed by atoms with Gasteiger partial charge in [-0.2, -0.15) is 0 Å². The fourth-order valence-electron chi connectivity index (χ4n) is 4.44. The normalized spacial score (nSPS) is 14.9. The summed E-state index contributed by atoms with van der Waals surface area (Å²) in [5.41, 5.74) is 3.00. The Kier molecular flexibility index (Phi) is 4.92. The summed E-state index contributed by atoms with van der Waals surface area (Å²) in [4.78, 5) is 9.82. The predicted molar refractivity (Wildman–Crippen MR) is 126 cm³/mol. The van der Waals surface area contributed by atoms with Crippen molar-refractivity contribution in [1.29, 1.82) is 0 Å². The van der Waals surface area contributed by atoms with Gasteiger partial charge in [0.05, 0.1) is 18.9 Å². The summed E-state index contributed by atoms with van der Waals surface area (Å²) in [5, 5.41) is 9.95. The van der Waals surface area contributed by atoms with Gasteiger partial charge in [0.25, 0.3) is 0 Å². The van der Waals surface area contributed by atoms with Gasteiger partial charge in [0, 0.05) is 38.1 Å². The number of piperazine rings is 1. The van der Waals surface area contributed by atoms with Crippen molar-refractivity contribution in [3.63, 3.8) is 0 Å². The molecule has 8 heteroatoms. The molecule has 8 nitrogen and oxygen atoms in total. The van der Waals surface area contributed by atoms with Crippen LogP contribution in [0, 0.1) is 0 Å². The first-order chi connectivity index (χ1) is 16.3. The second-order valence-electron chi connectivity index (χ2n) is 8.20. The van der Waals surface area contributed by atoms with E-state index in [4.69, 9.17) is 14.1 Å². The van der Waals surface area contributed by atoms with E-state index >= 15 is 0 Å². The van der Waals surface area contributed by atoms with E-state index in [1.165, 1.54) is 5.56 Å². The molecular formula is C25H24N6O2. The fourth-order valence-corrected chi connectivity index (χ4v) is 4.44. The third-order valence-corrected chi connectivity index (χ3v) is 6.19. The Morgan fingerprint density at radius 3 is 2.48 bits per heavy atom. The third-order valence-electron chi connectivity index (χ3n) is 6.19. The van der Waals surface area contributed by atoms with Gasteiger partial charge in [-0.25, -0.2) is 9.38 Å². The molecule has 33 heavy (non-hydrogen) atoms. The van der Waals surface area contributed by atoms with Crippen LogP contribution in [0.25, 0.3) is 28.1 Å². The molecule has 0 atom stereocenters.